The van der Waals surface area contributed by atoms with Crippen LogP contribution >= 0.6 is 0 Å². The van der Waals surface area contributed by atoms with E-state index < -0.39 is 23.8 Å². The first kappa shape index (κ1) is 30.2. The van der Waals surface area contributed by atoms with Crippen LogP contribution in [-0.2, 0) is 14.3 Å². The molecule has 1 aromatic rings. The number of carbonyl (C=O) groups is 3. The Morgan fingerprint density at radius 2 is 1.73 bits per heavy atom. The first-order chi connectivity index (χ1) is 17.5. The summed E-state index contributed by atoms with van der Waals surface area (Å²) < 4.78 is 5.45. The lowest BCUT2D eigenvalue weighted by molar-refractivity contribution is -0.143. The van der Waals surface area contributed by atoms with Crippen LogP contribution in [0.3, 0.4) is 0 Å². The van der Waals surface area contributed by atoms with E-state index >= 15 is 0 Å². The summed E-state index contributed by atoms with van der Waals surface area (Å²) in [6.07, 6.45) is 11.4. The number of carbonyl (C=O) groups excluding carboxylic acids is 3. The Hall–Kier alpha value is -3.01. The van der Waals surface area contributed by atoms with Gasteiger partial charge in [0, 0.05) is 18.2 Å². The van der Waals surface area contributed by atoms with Gasteiger partial charge in [-0.2, -0.15) is 0 Å². The van der Waals surface area contributed by atoms with Crippen molar-refractivity contribution in [3.8, 4) is 12.3 Å². The number of nitrogens with zero attached hydrogens (tertiary/aromatic N) is 1. The highest BCUT2D eigenvalue weighted by Crippen LogP contribution is 2.27. The first-order valence-corrected chi connectivity index (χ1v) is 13.7. The van der Waals surface area contributed by atoms with Crippen LogP contribution in [0.5, 0.6) is 0 Å². The fourth-order valence-corrected chi connectivity index (χ4v) is 4.67. The number of alkyl carbamates (subject to hydrolysis) is 1. The molecule has 204 valence electrons. The lowest BCUT2D eigenvalue weighted by Gasteiger charge is -2.37. The molecule has 2 N–H and O–H groups in total. The highest BCUT2D eigenvalue weighted by atomic mass is 16.6. The van der Waals surface area contributed by atoms with Crippen LogP contribution in [0.25, 0.3) is 0 Å². The molecule has 3 atom stereocenters. The summed E-state index contributed by atoms with van der Waals surface area (Å²) in [6, 6.07) is 5.63. The van der Waals surface area contributed by atoms with Gasteiger partial charge in [-0.05, 0) is 63.6 Å². The van der Waals surface area contributed by atoms with Crippen molar-refractivity contribution < 1.29 is 19.1 Å². The average Bonchev–Trinajstić information content (AvgIpc) is 2.86. The van der Waals surface area contributed by atoms with Crippen molar-refractivity contribution in [3.05, 3.63) is 35.4 Å². The second-order valence-electron chi connectivity index (χ2n) is 11.1. The van der Waals surface area contributed by atoms with Crippen LogP contribution in [-0.4, -0.2) is 47.0 Å². The molecule has 1 aromatic carbocycles. The van der Waals surface area contributed by atoms with Gasteiger partial charge in [0.2, 0.25) is 11.8 Å². The summed E-state index contributed by atoms with van der Waals surface area (Å²) in [6.45, 7) is 11.6. The Labute approximate surface area is 223 Å². The molecular formula is C30H45N3O4. The van der Waals surface area contributed by atoms with Gasteiger partial charge in [-0.3, -0.25) is 9.59 Å². The van der Waals surface area contributed by atoms with E-state index in [4.69, 9.17) is 11.2 Å². The predicted molar refractivity (Wildman–Crippen MR) is 147 cm³/mol. The van der Waals surface area contributed by atoms with Gasteiger partial charge in [-0.1, -0.05) is 64.5 Å². The predicted octanol–water partition coefficient (Wildman–Crippen LogP) is 5.34. The summed E-state index contributed by atoms with van der Waals surface area (Å²) in [5.74, 6) is 1.94. The molecule has 0 aromatic heterocycles. The molecule has 0 radical (unpaired) electrons. The molecule has 0 bridgehead atoms. The number of terminal acetylenes is 1. The number of hydrogen-bond donors (Lipinski definition) is 2. The first-order valence-electron chi connectivity index (χ1n) is 13.7. The molecule has 1 aliphatic carbocycles. The van der Waals surface area contributed by atoms with E-state index in [1.165, 1.54) is 6.42 Å². The average molecular weight is 512 g/mol. The Kier molecular flexibility index (Phi) is 11.5. The summed E-state index contributed by atoms with van der Waals surface area (Å²) in [7, 11) is 0. The zero-order valence-corrected chi connectivity index (χ0v) is 23.4. The second-order valence-corrected chi connectivity index (χ2v) is 11.1. The van der Waals surface area contributed by atoms with Gasteiger partial charge in [0.05, 0.1) is 0 Å². The number of nitrogens with one attached hydrogen (secondary N) is 2. The number of rotatable bonds is 10. The molecule has 0 heterocycles. The van der Waals surface area contributed by atoms with E-state index in [2.05, 4.69) is 16.6 Å². The van der Waals surface area contributed by atoms with E-state index in [0.717, 1.165) is 25.7 Å². The van der Waals surface area contributed by atoms with Gasteiger partial charge in [-0.15, -0.1) is 6.42 Å². The molecule has 1 saturated carbocycles. The maximum absolute atomic E-state index is 14.1. The van der Waals surface area contributed by atoms with Crippen molar-refractivity contribution in [3.63, 3.8) is 0 Å². The minimum Gasteiger partial charge on any atom is -0.444 e. The number of benzene rings is 1. The van der Waals surface area contributed by atoms with E-state index in [1.807, 2.05) is 32.9 Å². The highest BCUT2D eigenvalue weighted by Gasteiger charge is 2.38. The molecule has 0 aliphatic heterocycles. The molecule has 37 heavy (non-hydrogen) atoms. The standard InChI is InChI=1S/C30H45N3O4/c1-8-20-33(28(35)25(21(4)9-2)32-29(36)37-30(5,6)7)26(23-18-16-22(10-3)17-19-23)27(34)31-24-14-12-11-13-15-24/h3,16-19,21,24-26H,8-9,11-15,20H2,1-2,4-7H3,(H,31,34)(H,32,36). The molecule has 7 nitrogen and oxygen atoms in total. The fourth-order valence-electron chi connectivity index (χ4n) is 4.67. The lowest BCUT2D eigenvalue weighted by Crippen LogP contribution is -2.56. The van der Waals surface area contributed by atoms with E-state index in [1.54, 1.807) is 37.8 Å². The third-order valence-electron chi connectivity index (χ3n) is 6.80. The van der Waals surface area contributed by atoms with Crippen molar-refractivity contribution in [1.82, 2.24) is 15.5 Å². The topological polar surface area (TPSA) is 87.7 Å². The largest absolute Gasteiger partial charge is 0.444 e. The molecule has 3 amide bonds. The molecule has 7 heteroatoms. The van der Waals surface area contributed by atoms with Crippen molar-refractivity contribution in [2.24, 2.45) is 5.92 Å². The van der Waals surface area contributed by atoms with Crippen LogP contribution in [0.15, 0.2) is 24.3 Å². The Morgan fingerprint density at radius 3 is 2.24 bits per heavy atom. The maximum atomic E-state index is 14.1. The summed E-state index contributed by atoms with van der Waals surface area (Å²) in [4.78, 5) is 42.2. The van der Waals surface area contributed by atoms with Gasteiger partial charge in [0.15, 0.2) is 0 Å². The van der Waals surface area contributed by atoms with Crippen molar-refractivity contribution >= 4 is 17.9 Å². The lowest BCUT2D eigenvalue weighted by atomic mass is 9.93. The molecule has 0 spiro atoms. The van der Waals surface area contributed by atoms with Crippen LogP contribution < -0.4 is 10.6 Å². The van der Waals surface area contributed by atoms with Gasteiger partial charge >= 0.3 is 6.09 Å². The van der Waals surface area contributed by atoms with Gasteiger partial charge in [-0.25, -0.2) is 4.79 Å². The highest BCUT2D eigenvalue weighted by molar-refractivity contribution is 5.92. The Morgan fingerprint density at radius 1 is 1.11 bits per heavy atom. The van der Waals surface area contributed by atoms with Gasteiger partial charge in [0.1, 0.15) is 17.7 Å². The monoisotopic (exact) mass is 511 g/mol. The zero-order valence-electron chi connectivity index (χ0n) is 23.4. The molecule has 1 fully saturated rings. The van der Waals surface area contributed by atoms with Crippen LogP contribution in [0, 0.1) is 18.3 Å². The zero-order chi connectivity index (χ0) is 27.6. The molecule has 1 aliphatic rings. The number of ether oxygens (including phenoxy) is 1. The molecule has 3 unspecified atom stereocenters. The smallest absolute Gasteiger partial charge is 0.408 e. The summed E-state index contributed by atoms with van der Waals surface area (Å²) in [5, 5.41) is 6.01. The SMILES string of the molecule is C#Cc1ccc(C(C(=O)NC2CCCCC2)N(CCC)C(=O)C(NC(=O)OC(C)(C)C)C(C)CC)cc1. The molecular weight excluding hydrogens is 466 g/mol. The summed E-state index contributed by atoms with van der Waals surface area (Å²) in [5.41, 5.74) is 0.694. The van der Waals surface area contributed by atoms with Crippen molar-refractivity contribution in [2.75, 3.05) is 6.54 Å². The summed E-state index contributed by atoms with van der Waals surface area (Å²) >= 11 is 0. The van der Waals surface area contributed by atoms with Crippen LogP contribution in [0.1, 0.15) is 104 Å². The minimum absolute atomic E-state index is 0.0950. The number of amides is 3. The van der Waals surface area contributed by atoms with Crippen LogP contribution in [0.4, 0.5) is 4.79 Å². The second kappa shape index (κ2) is 14.1. The maximum Gasteiger partial charge on any atom is 0.408 e. The third kappa shape index (κ3) is 9.10. The van der Waals surface area contributed by atoms with Crippen molar-refractivity contribution in [1.29, 1.82) is 0 Å². The molecule has 2 rings (SSSR count). The Bertz CT molecular complexity index is 939. The van der Waals surface area contributed by atoms with E-state index in [0.29, 0.717) is 30.5 Å². The van der Waals surface area contributed by atoms with Crippen LogP contribution in [0.2, 0.25) is 0 Å². The fraction of sp³-hybridized carbons (Fsp3) is 0.633. The third-order valence-corrected chi connectivity index (χ3v) is 6.80. The Balaban J connectivity index is 2.45. The quantitative estimate of drug-likeness (QED) is 0.415. The van der Waals surface area contributed by atoms with E-state index in [-0.39, 0.29) is 23.8 Å². The minimum atomic E-state index is -0.840. The van der Waals surface area contributed by atoms with Gasteiger partial charge < -0.3 is 20.3 Å². The van der Waals surface area contributed by atoms with E-state index in [9.17, 15) is 14.4 Å². The number of hydrogen-bond acceptors (Lipinski definition) is 4. The van der Waals surface area contributed by atoms with Gasteiger partial charge in [0.25, 0.3) is 0 Å². The van der Waals surface area contributed by atoms with Crippen molar-refractivity contribution in [2.45, 2.75) is 110 Å². The molecule has 0 saturated heterocycles. The normalized spacial score (nSPS) is 16.6.